The average Bonchev–Trinajstić information content (AvgIpc) is 2.12. The number of ether oxygens (including phenoxy) is 1. The molecule has 0 aromatic heterocycles. The van der Waals surface area contributed by atoms with Crippen LogP contribution in [0.4, 0.5) is 0 Å². The van der Waals surface area contributed by atoms with Crippen LogP contribution in [0.1, 0.15) is 12.5 Å². The summed E-state index contributed by atoms with van der Waals surface area (Å²) in [5.41, 5.74) is 0.620. The minimum Gasteiger partial charge on any atom is -0.466 e. The number of esters is 1. The molecule has 0 bridgehead atoms. The third kappa shape index (κ3) is 2.89. The van der Waals surface area contributed by atoms with E-state index < -0.39 is 0 Å². The van der Waals surface area contributed by atoms with Crippen molar-refractivity contribution in [1.29, 1.82) is 0 Å². The highest BCUT2D eigenvalue weighted by Gasteiger charge is 2.10. The number of rotatable bonds is 3. The zero-order valence-electron chi connectivity index (χ0n) is 7.72. The summed E-state index contributed by atoms with van der Waals surface area (Å²) in [6.07, 6.45) is 0.117. The Balaban J connectivity index is 2.80. The van der Waals surface area contributed by atoms with Crippen LogP contribution in [0.3, 0.4) is 0 Å². The van der Waals surface area contributed by atoms with Crippen LogP contribution in [0, 0.1) is 0 Å². The SMILES string of the molecule is CCOC(=O)Cc1c(Cl)cccc1Cl. The van der Waals surface area contributed by atoms with Crippen LogP contribution in [0.25, 0.3) is 0 Å². The van der Waals surface area contributed by atoms with E-state index in [2.05, 4.69) is 0 Å². The highest BCUT2D eigenvalue weighted by atomic mass is 35.5. The predicted octanol–water partition coefficient (Wildman–Crippen LogP) is 3.10. The molecule has 1 rings (SSSR count). The quantitative estimate of drug-likeness (QED) is 0.750. The first-order valence-electron chi connectivity index (χ1n) is 4.23. The van der Waals surface area contributed by atoms with Crippen LogP contribution >= 0.6 is 23.2 Å². The summed E-state index contributed by atoms with van der Waals surface area (Å²) in [5.74, 6) is -0.317. The minimum absolute atomic E-state index is 0.117. The third-order valence-corrected chi connectivity index (χ3v) is 2.40. The standard InChI is InChI=1S/C10H10Cl2O2/c1-2-14-10(13)6-7-8(11)4-3-5-9(7)12/h3-5H,2,6H2,1H3. The van der Waals surface area contributed by atoms with Crippen LogP contribution in [0.15, 0.2) is 18.2 Å². The first-order chi connectivity index (χ1) is 6.65. The number of carbonyl (C=O) groups is 1. The van der Waals surface area contributed by atoms with Gasteiger partial charge in [0.05, 0.1) is 13.0 Å². The zero-order chi connectivity index (χ0) is 10.6. The van der Waals surface area contributed by atoms with Gasteiger partial charge in [-0.05, 0) is 19.1 Å². The van der Waals surface area contributed by atoms with Crippen molar-refractivity contribution in [3.05, 3.63) is 33.8 Å². The molecule has 0 saturated carbocycles. The van der Waals surface area contributed by atoms with Crippen LogP contribution in [0.2, 0.25) is 10.0 Å². The highest BCUT2D eigenvalue weighted by molar-refractivity contribution is 6.36. The molecule has 0 spiro atoms. The fraction of sp³-hybridized carbons (Fsp3) is 0.300. The Labute approximate surface area is 92.8 Å². The fourth-order valence-corrected chi connectivity index (χ4v) is 1.59. The Morgan fingerprint density at radius 3 is 2.43 bits per heavy atom. The second-order valence-corrected chi connectivity index (χ2v) is 3.50. The first kappa shape index (κ1) is 11.3. The average molecular weight is 233 g/mol. The van der Waals surface area contributed by atoms with E-state index in [1.165, 1.54) is 0 Å². The Morgan fingerprint density at radius 2 is 1.93 bits per heavy atom. The molecule has 0 unspecified atom stereocenters. The molecular weight excluding hydrogens is 223 g/mol. The van der Waals surface area contributed by atoms with E-state index in [9.17, 15) is 4.79 Å². The molecule has 1 aromatic rings. The van der Waals surface area contributed by atoms with Gasteiger partial charge >= 0.3 is 5.97 Å². The van der Waals surface area contributed by atoms with Gasteiger partial charge in [0, 0.05) is 15.6 Å². The second kappa shape index (κ2) is 5.23. The van der Waals surface area contributed by atoms with Gasteiger partial charge in [0.2, 0.25) is 0 Å². The summed E-state index contributed by atoms with van der Waals surface area (Å²) in [4.78, 5) is 11.2. The summed E-state index contributed by atoms with van der Waals surface area (Å²) in [6.45, 7) is 2.12. The molecule has 14 heavy (non-hydrogen) atoms. The molecule has 0 radical (unpaired) electrons. The van der Waals surface area contributed by atoms with Crippen molar-refractivity contribution in [3.8, 4) is 0 Å². The summed E-state index contributed by atoms with van der Waals surface area (Å²) in [5, 5.41) is 0.983. The number of carbonyl (C=O) groups excluding carboxylic acids is 1. The van der Waals surface area contributed by atoms with E-state index in [0.717, 1.165) is 0 Å². The Kier molecular flexibility index (Phi) is 4.23. The Hall–Kier alpha value is -0.730. The molecule has 4 heteroatoms. The summed E-state index contributed by atoms with van der Waals surface area (Å²) >= 11 is 11.8. The van der Waals surface area contributed by atoms with E-state index >= 15 is 0 Å². The van der Waals surface area contributed by atoms with E-state index in [1.54, 1.807) is 25.1 Å². The molecule has 0 aliphatic carbocycles. The van der Waals surface area contributed by atoms with Crippen molar-refractivity contribution in [1.82, 2.24) is 0 Å². The smallest absolute Gasteiger partial charge is 0.310 e. The highest BCUT2D eigenvalue weighted by Crippen LogP contribution is 2.24. The predicted molar refractivity (Wildman–Crippen MR) is 56.8 cm³/mol. The van der Waals surface area contributed by atoms with Gasteiger partial charge in [-0.2, -0.15) is 0 Å². The van der Waals surface area contributed by atoms with Crippen molar-refractivity contribution < 1.29 is 9.53 Å². The lowest BCUT2D eigenvalue weighted by molar-refractivity contribution is -0.142. The number of hydrogen-bond donors (Lipinski definition) is 0. The van der Waals surface area contributed by atoms with Gasteiger partial charge in [-0.3, -0.25) is 4.79 Å². The lowest BCUT2D eigenvalue weighted by atomic mass is 10.1. The molecule has 0 saturated heterocycles. The molecule has 2 nitrogen and oxygen atoms in total. The summed E-state index contributed by atoms with van der Waals surface area (Å²) in [6, 6.07) is 5.13. The Morgan fingerprint density at radius 1 is 1.36 bits per heavy atom. The van der Waals surface area contributed by atoms with Gasteiger partial charge in [-0.15, -0.1) is 0 Å². The molecule has 0 aliphatic rings. The Bertz CT molecular complexity index is 317. The lowest BCUT2D eigenvalue weighted by Crippen LogP contribution is -2.08. The van der Waals surface area contributed by atoms with Gasteiger partial charge in [-0.25, -0.2) is 0 Å². The summed E-state index contributed by atoms with van der Waals surface area (Å²) < 4.78 is 4.80. The molecule has 76 valence electrons. The molecule has 0 N–H and O–H groups in total. The van der Waals surface area contributed by atoms with Crippen LogP contribution in [0.5, 0.6) is 0 Å². The van der Waals surface area contributed by atoms with Crippen molar-refractivity contribution in [3.63, 3.8) is 0 Å². The van der Waals surface area contributed by atoms with E-state index in [0.29, 0.717) is 22.2 Å². The summed E-state index contributed by atoms with van der Waals surface area (Å²) in [7, 11) is 0. The van der Waals surface area contributed by atoms with Crippen molar-refractivity contribution in [2.24, 2.45) is 0 Å². The van der Waals surface area contributed by atoms with Crippen LogP contribution in [-0.2, 0) is 16.0 Å². The monoisotopic (exact) mass is 232 g/mol. The molecule has 0 amide bonds. The maximum atomic E-state index is 11.2. The van der Waals surface area contributed by atoms with Crippen molar-refractivity contribution in [2.45, 2.75) is 13.3 Å². The van der Waals surface area contributed by atoms with Gasteiger partial charge in [0.25, 0.3) is 0 Å². The van der Waals surface area contributed by atoms with E-state index in [4.69, 9.17) is 27.9 Å². The number of halogens is 2. The van der Waals surface area contributed by atoms with Crippen molar-refractivity contribution in [2.75, 3.05) is 6.61 Å². The number of hydrogen-bond acceptors (Lipinski definition) is 2. The first-order valence-corrected chi connectivity index (χ1v) is 4.99. The topological polar surface area (TPSA) is 26.3 Å². The largest absolute Gasteiger partial charge is 0.466 e. The fourth-order valence-electron chi connectivity index (χ4n) is 1.06. The molecule has 0 heterocycles. The second-order valence-electron chi connectivity index (χ2n) is 2.68. The molecule has 1 aromatic carbocycles. The molecule has 0 atom stereocenters. The third-order valence-electron chi connectivity index (χ3n) is 1.69. The molecule has 0 fully saturated rings. The maximum absolute atomic E-state index is 11.2. The molecular formula is C10H10Cl2O2. The number of benzene rings is 1. The molecule has 0 aliphatic heterocycles. The normalized spacial score (nSPS) is 9.93. The maximum Gasteiger partial charge on any atom is 0.310 e. The van der Waals surface area contributed by atoms with E-state index in [1.807, 2.05) is 0 Å². The van der Waals surface area contributed by atoms with Gasteiger partial charge in [0.1, 0.15) is 0 Å². The van der Waals surface area contributed by atoms with Crippen LogP contribution < -0.4 is 0 Å². The van der Waals surface area contributed by atoms with E-state index in [-0.39, 0.29) is 12.4 Å². The van der Waals surface area contributed by atoms with Gasteiger partial charge in [-0.1, -0.05) is 29.3 Å². The van der Waals surface area contributed by atoms with Crippen LogP contribution in [-0.4, -0.2) is 12.6 Å². The zero-order valence-corrected chi connectivity index (χ0v) is 9.23. The van der Waals surface area contributed by atoms with Gasteiger partial charge in [0.15, 0.2) is 0 Å². The minimum atomic E-state index is -0.317. The lowest BCUT2D eigenvalue weighted by Gasteiger charge is -2.05. The van der Waals surface area contributed by atoms with Gasteiger partial charge < -0.3 is 4.74 Å². The van der Waals surface area contributed by atoms with Crippen molar-refractivity contribution >= 4 is 29.2 Å².